The van der Waals surface area contributed by atoms with Crippen molar-refractivity contribution < 1.29 is 19.1 Å². The third-order valence-corrected chi connectivity index (χ3v) is 5.81. The Hall–Kier alpha value is -3.02. The molecule has 2 amide bonds. The maximum absolute atomic E-state index is 13.2. The minimum Gasteiger partial charge on any atom is -0.497 e. The first-order valence-electron chi connectivity index (χ1n) is 10.1. The summed E-state index contributed by atoms with van der Waals surface area (Å²) in [5.74, 6) is 1.62. The van der Waals surface area contributed by atoms with Crippen molar-refractivity contribution in [1.29, 1.82) is 0 Å². The van der Waals surface area contributed by atoms with Crippen molar-refractivity contribution in [2.75, 3.05) is 32.2 Å². The van der Waals surface area contributed by atoms with Crippen molar-refractivity contribution in [1.82, 2.24) is 4.90 Å². The van der Waals surface area contributed by atoms with Crippen LogP contribution in [0.3, 0.4) is 0 Å². The Morgan fingerprint density at radius 1 is 1.00 bits per heavy atom. The Bertz CT molecular complexity index is 910. The monoisotopic (exact) mass is 394 g/mol. The fourth-order valence-corrected chi connectivity index (χ4v) is 4.30. The van der Waals surface area contributed by atoms with E-state index in [2.05, 4.69) is 0 Å². The fourth-order valence-electron chi connectivity index (χ4n) is 4.30. The Kier molecular flexibility index (Phi) is 5.43. The van der Waals surface area contributed by atoms with Gasteiger partial charge in [-0.2, -0.15) is 0 Å². The van der Waals surface area contributed by atoms with Gasteiger partial charge in [0.2, 0.25) is 5.91 Å². The van der Waals surface area contributed by atoms with Crippen LogP contribution in [-0.2, 0) is 4.79 Å². The molecule has 152 valence electrons. The van der Waals surface area contributed by atoms with Crippen molar-refractivity contribution >= 4 is 17.5 Å². The number of hydrogen-bond donors (Lipinski definition) is 0. The van der Waals surface area contributed by atoms with E-state index in [1.54, 1.807) is 19.1 Å². The van der Waals surface area contributed by atoms with Crippen LogP contribution < -0.4 is 14.4 Å². The molecule has 0 aliphatic carbocycles. The predicted octanol–water partition coefficient (Wildman–Crippen LogP) is 3.81. The number of carbonyl (C=O) groups excluding carboxylic acids is 2. The van der Waals surface area contributed by atoms with Gasteiger partial charge in [0.1, 0.15) is 11.5 Å². The molecule has 0 saturated carbocycles. The SMILES string of the molecule is COc1ccc(C2CCCN2C(=O)c2ccc(N3CCCC3=O)cc2)c(OC)c1. The molecule has 2 aromatic carbocycles. The van der Waals surface area contributed by atoms with Gasteiger partial charge in [0, 0.05) is 42.4 Å². The van der Waals surface area contributed by atoms with E-state index in [1.807, 2.05) is 47.4 Å². The molecule has 0 aromatic heterocycles. The summed E-state index contributed by atoms with van der Waals surface area (Å²) in [6.45, 7) is 1.46. The molecule has 4 rings (SSSR count). The number of hydrogen-bond acceptors (Lipinski definition) is 4. The second kappa shape index (κ2) is 8.15. The molecule has 6 nitrogen and oxygen atoms in total. The lowest BCUT2D eigenvalue weighted by molar-refractivity contribution is -0.117. The smallest absolute Gasteiger partial charge is 0.254 e. The van der Waals surface area contributed by atoms with E-state index >= 15 is 0 Å². The van der Waals surface area contributed by atoms with E-state index in [4.69, 9.17) is 9.47 Å². The molecule has 1 atom stereocenters. The summed E-state index contributed by atoms with van der Waals surface area (Å²) in [7, 11) is 3.26. The van der Waals surface area contributed by atoms with Crippen molar-refractivity contribution in [2.45, 2.75) is 31.7 Å². The zero-order valence-electron chi connectivity index (χ0n) is 16.9. The van der Waals surface area contributed by atoms with Crippen LogP contribution in [0.25, 0.3) is 0 Å². The second-order valence-electron chi connectivity index (χ2n) is 7.46. The predicted molar refractivity (Wildman–Crippen MR) is 111 cm³/mol. The van der Waals surface area contributed by atoms with Crippen molar-refractivity contribution in [3.05, 3.63) is 53.6 Å². The highest BCUT2D eigenvalue weighted by Gasteiger charge is 2.32. The Labute approximate surface area is 171 Å². The van der Waals surface area contributed by atoms with Gasteiger partial charge in [0.15, 0.2) is 0 Å². The summed E-state index contributed by atoms with van der Waals surface area (Å²) >= 11 is 0. The van der Waals surface area contributed by atoms with E-state index < -0.39 is 0 Å². The molecule has 6 heteroatoms. The fraction of sp³-hybridized carbons (Fsp3) is 0.391. The minimum atomic E-state index is -0.0248. The highest BCUT2D eigenvalue weighted by atomic mass is 16.5. The van der Waals surface area contributed by atoms with Crippen LogP contribution in [-0.4, -0.2) is 44.0 Å². The average molecular weight is 394 g/mol. The Morgan fingerprint density at radius 3 is 2.45 bits per heavy atom. The van der Waals surface area contributed by atoms with Gasteiger partial charge in [0.05, 0.1) is 20.3 Å². The molecule has 0 radical (unpaired) electrons. The molecule has 0 spiro atoms. The quantitative estimate of drug-likeness (QED) is 0.774. The number of amides is 2. The second-order valence-corrected chi connectivity index (χ2v) is 7.46. The molecule has 2 aliphatic rings. The lowest BCUT2D eigenvalue weighted by Crippen LogP contribution is -2.31. The normalized spacial score (nSPS) is 19.0. The first-order chi connectivity index (χ1) is 14.1. The van der Waals surface area contributed by atoms with Crippen molar-refractivity contribution in [3.8, 4) is 11.5 Å². The van der Waals surface area contributed by atoms with Crippen molar-refractivity contribution in [2.24, 2.45) is 0 Å². The van der Waals surface area contributed by atoms with Crippen LogP contribution in [0.15, 0.2) is 42.5 Å². The molecule has 29 heavy (non-hydrogen) atoms. The zero-order chi connectivity index (χ0) is 20.4. The highest BCUT2D eigenvalue weighted by molar-refractivity contribution is 5.97. The third-order valence-electron chi connectivity index (χ3n) is 5.81. The van der Waals surface area contributed by atoms with Crippen LogP contribution >= 0.6 is 0 Å². The van der Waals surface area contributed by atoms with Crippen molar-refractivity contribution in [3.63, 3.8) is 0 Å². The molecular formula is C23H26N2O4. The number of benzene rings is 2. The summed E-state index contributed by atoms with van der Waals surface area (Å²) in [6.07, 6.45) is 3.33. The van der Waals surface area contributed by atoms with E-state index in [9.17, 15) is 9.59 Å². The molecule has 2 fully saturated rings. The van der Waals surface area contributed by atoms with Crippen LogP contribution in [0.2, 0.25) is 0 Å². The molecule has 2 aromatic rings. The van der Waals surface area contributed by atoms with Gasteiger partial charge in [-0.15, -0.1) is 0 Å². The molecular weight excluding hydrogens is 368 g/mol. The number of anilines is 1. The average Bonchev–Trinajstić information content (AvgIpc) is 3.42. The molecule has 2 aliphatic heterocycles. The molecule has 2 heterocycles. The summed E-state index contributed by atoms with van der Waals surface area (Å²) < 4.78 is 10.9. The molecule has 1 unspecified atom stereocenters. The topological polar surface area (TPSA) is 59.1 Å². The van der Waals surface area contributed by atoms with Gasteiger partial charge in [0.25, 0.3) is 5.91 Å². The number of likely N-dealkylation sites (tertiary alicyclic amines) is 1. The van der Waals surface area contributed by atoms with Gasteiger partial charge in [-0.25, -0.2) is 0 Å². The maximum Gasteiger partial charge on any atom is 0.254 e. The molecule has 2 saturated heterocycles. The van der Waals surface area contributed by atoms with E-state index in [-0.39, 0.29) is 17.9 Å². The number of ether oxygens (including phenoxy) is 2. The lowest BCUT2D eigenvalue weighted by Gasteiger charge is -2.27. The van der Waals surface area contributed by atoms with Gasteiger partial charge in [-0.3, -0.25) is 9.59 Å². The molecule has 0 bridgehead atoms. The van der Waals surface area contributed by atoms with E-state index in [0.717, 1.165) is 48.6 Å². The van der Waals surface area contributed by atoms with Crippen LogP contribution in [0, 0.1) is 0 Å². The summed E-state index contributed by atoms with van der Waals surface area (Å²) in [5, 5.41) is 0. The van der Waals surface area contributed by atoms with E-state index in [0.29, 0.717) is 18.5 Å². The number of carbonyl (C=O) groups is 2. The number of nitrogens with zero attached hydrogens (tertiary/aromatic N) is 2. The van der Waals surface area contributed by atoms with E-state index in [1.165, 1.54) is 0 Å². The highest BCUT2D eigenvalue weighted by Crippen LogP contribution is 2.39. The van der Waals surface area contributed by atoms with Gasteiger partial charge in [-0.1, -0.05) is 0 Å². The lowest BCUT2D eigenvalue weighted by atomic mass is 10.0. The summed E-state index contributed by atoms with van der Waals surface area (Å²) in [4.78, 5) is 28.9. The summed E-state index contributed by atoms with van der Waals surface area (Å²) in [6, 6.07) is 13.1. The Balaban J connectivity index is 1.56. The Morgan fingerprint density at radius 2 is 1.79 bits per heavy atom. The zero-order valence-corrected chi connectivity index (χ0v) is 16.9. The number of rotatable bonds is 5. The largest absolute Gasteiger partial charge is 0.497 e. The summed E-state index contributed by atoms with van der Waals surface area (Å²) in [5.41, 5.74) is 2.50. The third kappa shape index (κ3) is 3.67. The first-order valence-corrected chi connectivity index (χ1v) is 10.1. The van der Waals surface area contributed by atoms with Crippen LogP contribution in [0.5, 0.6) is 11.5 Å². The first kappa shape index (κ1) is 19.3. The molecule has 0 N–H and O–H groups in total. The minimum absolute atomic E-state index is 0.00432. The van der Waals surface area contributed by atoms with Gasteiger partial charge >= 0.3 is 0 Å². The van der Waals surface area contributed by atoms with Gasteiger partial charge in [-0.05, 0) is 55.7 Å². The maximum atomic E-state index is 13.2. The standard InChI is InChI=1S/C23H26N2O4/c1-28-18-11-12-19(21(15-18)29-2)20-5-3-14-25(20)23(27)16-7-9-17(10-8-16)24-13-4-6-22(24)26/h7-12,15,20H,3-6,13-14H2,1-2H3. The van der Waals surface area contributed by atoms with Crippen LogP contribution in [0.4, 0.5) is 5.69 Å². The van der Waals surface area contributed by atoms with Crippen LogP contribution in [0.1, 0.15) is 47.6 Å². The number of methoxy groups -OCH3 is 2. The van der Waals surface area contributed by atoms with Gasteiger partial charge < -0.3 is 19.3 Å².